The predicted molar refractivity (Wildman–Crippen MR) is 69.7 cm³/mol. The molecule has 0 fully saturated rings. The van der Waals surface area contributed by atoms with E-state index >= 15 is 0 Å². The normalized spacial score (nSPS) is 11.1. The van der Waals surface area contributed by atoms with Crippen LogP contribution in [0.3, 0.4) is 0 Å². The third-order valence-corrected chi connectivity index (χ3v) is 2.79. The number of hydrogen-bond acceptors (Lipinski definition) is 2. The van der Waals surface area contributed by atoms with Gasteiger partial charge < -0.3 is 4.74 Å². The largest absolute Gasteiger partial charge is 0.375 e. The molecule has 0 unspecified atom stereocenters. The van der Waals surface area contributed by atoms with Crippen molar-refractivity contribution in [3.05, 3.63) is 48.0 Å². The molecule has 2 rings (SSSR count). The second-order valence-electron chi connectivity index (χ2n) is 4.20. The van der Waals surface area contributed by atoms with Crippen molar-refractivity contribution >= 4 is 16.6 Å². The third kappa shape index (κ3) is 3.83. The lowest BCUT2D eigenvalue weighted by Crippen LogP contribution is -2.09. The highest BCUT2D eigenvalue weighted by Crippen LogP contribution is 2.16. The van der Waals surface area contributed by atoms with Gasteiger partial charge in [-0.3, -0.25) is 4.79 Å². The Bertz CT molecular complexity index is 567. The highest BCUT2D eigenvalue weighted by atomic mass is 19.3. The molecule has 0 aliphatic rings. The van der Waals surface area contributed by atoms with E-state index in [1.54, 1.807) is 6.07 Å². The number of carbonyl (C=O) groups excluding carboxylic acids is 1. The number of hydrogen-bond donors (Lipinski definition) is 0. The lowest BCUT2D eigenvalue weighted by Gasteiger charge is -2.04. The van der Waals surface area contributed by atoms with Gasteiger partial charge >= 0.3 is 0 Å². The van der Waals surface area contributed by atoms with Gasteiger partial charge in [-0.15, -0.1) is 0 Å². The number of carbonyl (C=O) groups is 1. The number of ether oxygens (including phenoxy) is 1. The van der Waals surface area contributed by atoms with Crippen LogP contribution in [0, 0.1) is 0 Å². The van der Waals surface area contributed by atoms with Crippen LogP contribution >= 0.6 is 0 Å². The lowest BCUT2D eigenvalue weighted by atomic mass is 10.0. The average Bonchev–Trinajstić information content (AvgIpc) is 2.42. The van der Waals surface area contributed by atoms with Crippen molar-refractivity contribution in [2.45, 2.75) is 12.8 Å². The molecule has 0 aliphatic carbocycles. The highest BCUT2D eigenvalue weighted by molar-refractivity contribution is 5.99. The summed E-state index contributed by atoms with van der Waals surface area (Å²) in [5, 5.41) is 2.05. The Morgan fingerprint density at radius 1 is 1.11 bits per heavy atom. The summed E-state index contributed by atoms with van der Waals surface area (Å²) in [7, 11) is 0. The molecule has 0 saturated heterocycles. The Hall–Kier alpha value is -1.81. The Morgan fingerprint density at radius 2 is 1.84 bits per heavy atom. The zero-order chi connectivity index (χ0) is 13.7. The number of rotatable bonds is 6. The quantitative estimate of drug-likeness (QED) is 0.587. The lowest BCUT2D eigenvalue weighted by molar-refractivity contribution is 0.0170. The van der Waals surface area contributed by atoms with E-state index in [1.165, 1.54) is 0 Å². The van der Waals surface area contributed by atoms with Gasteiger partial charge in [0.25, 0.3) is 6.43 Å². The summed E-state index contributed by atoms with van der Waals surface area (Å²) < 4.78 is 28.4. The number of Topliss-reactive ketones (excluding diaryl/α,β-unsaturated/α-hetero) is 1. The molecule has 4 heteroatoms. The van der Waals surface area contributed by atoms with Crippen molar-refractivity contribution in [2.24, 2.45) is 0 Å². The first-order valence-electron chi connectivity index (χ1n) is 6.05. The van der Waals surface area contributed by atoms with Gasteiger partial charge in [-0.25, -0.2) is 8.78 Å². The molecule has 0 heterocycles. The van der Waals surface area contributed by atoms with Gasteiger partial charge in [-0.2, -0.15) is 0 Å². The molecule has 0 atom stereocenters. The van der Waals surface area contributed by atoms with Gasteiger partial charge in [0, 0.05) is 12.0 Å². The number of fused-ring (bicyclic) bond motifs is 1. The fourth-order valence-corrected chi connectivity index (χ4v) is 1.84. The van der Waals surface area contributed by atoms with Crippen LogP contribution in [0.2, 0.25) is 0 Å². The third-order valence-electron chi connectivity index (χ3n) is 2.79. The summed E-state index contributed by atoms with van der Waals surface area (Å²) in [6, 6.07) is 13.2. The summed E-state index contributed by atoms with van der Waals surface area (Å²) in [6.45, 7) is -0.596. The van der Waals surface area contributed by atoms with Crippen LogP contribution in [0.15, 0.2) is 42.5 Å². The van der Waals surface area contributed by atoms with Gasteiger partial charge in [0.15, 0.2) is 5.78 Å². The number of halogens is 2. The minimum Gasteiger partial charge on any atom is -0.375 e. The monoisotopic (exact) mass is 264 g/mol. The molecule has 0 bridgehead atoms. The van der Waals surface area contributed by atoms with E-state index < -0.39 is 13.0 Å². The molecule has 0 amide bonds. The molecule has 0 saturated carbocycles. The Labute approximate surface area is 110 Å². The van der Waals surface area contributed by atoms with Crippen LogP contribution in [0.4, 0.5) is 8.78 Å². The molecule has 0 radical (unpaired) electrons. The highest BCUT2D eigenvalue weighted by Gasteiger charge is 2.08. The SMILES string of the molecule is O=C(CCOCC(F)F)c1ccc2ccccc2c1. The van der Waals surface area contributed by atoms with E-state index in [1.807, 2.05) is 36.4 Å². The van der Waals surface area contributed by atoms with Crippen LogP contribution in [-0.2, 0) is 4.74 Å². The summed E-state index contributed by atoms with van der Waals surface area (Å²) in [5.74, 6) is -0.0972. The molecule has 0 spiro atoms. The van der Waals surface area contributed by atoms with Crippen LogP contribution in [-0.4, -0.2) is 25.4 Å². The fraction of sp³-hybridized carbons (Fsp3) is 0.267. The van der Waals surface area contributed by atoms with E-state index in [2.05, 4.69) is 0 Å². The number of alkyl halides is 2. The zero-order valence-electron chi connectivity index (χ0n) is 10.3. The molecule has 2 nitrogen and oxygen atoms in total. The predicted octanol–water partition coefficient (Wildman–Crippen LogP) is 3.69. The summed E-state index contributed by atoms with van der Waals surface area (Å²) in [6.07, 6.45) is -2.37. The standard InChI is InChI=1S/C15H14F2O2/c16-15(17)10-19-8-7-14(18)13-6-5-11-3-1-2-4-12(11)9-13/h1-6,9,15H,7-8,10H2. The van der Waals surface area contributed by atoms with E-state index in [4.69, 9.17) is 4.74 Å². The molecule has 0 N–H and O–H groups in total. The van der Waals surface area contributed by atoms with Crippen molar-refractivity contribution in [1.29, 1.82) is 0 Å². The van der Waals surface area contributed by atoms with Crippen molar-refractivity contribution in [1.82, 2.24) is 0 Å². The first-order chi connectivity index (χ1) is 9.16. The minimum absolute atomic E-state index is 0.0238. The Kier molecular flexibility index (Phi) is 4.58. The summed E-state index contributed by atoms with van der Waals surface area (Å²) in [4.78, 5) is 11.9. The van der Waals surface area contributed by atoms with Crippen molar-refractivity contribution in [3.8, 4) is 0 Å². The molecular weight excluding hydrogens is 250 g/mol. The first kappa shape index (κ1) is 13.6. The second kappa shape index (κ2) is 6.38. The van der Waals surface area contributed by atoms with Gasteiger partial charge in [0.05, 0.1) is 6.61 Å². The van der Waals surface area contributed by atoms with Crippen LogP contribution < -0.4 is 0 Å². The van der Waals surface area contributed by atoms with Gasteiger partial charge in [-0.1, -0.05) is 36.4 Å². The summed E-state index contributed by atoms with van der Waals surface area (Å²) in [5.41, 5.74) is 0.583. The maximum atomic E-state index is 11.9. The number of benzene rings is 2. The van der Waals surface area contributed by atoms with Crippen LogP contribution in [0.25, 0.3) is 10.8 Å². The van der Waals surface area contributed by atoms with Gasteiger partial charge in [-0.05, 0) is 16.8 Å². The van der Waals surface area contributed by atoms with Gasteiger partial charge in [0.1, 0.15) is 6.61 Å². The minimum atomic E-state index is -2.49. The molecular formula is C15H14F2O2. The topological polar surface area (TPSA) is 26.3 Å². The van der Waals surface area contributed by atoms with Crippen molar-refractivity contribution in [3.63, 3.8) is 0 Å². The van der Waals surface area contributed by atoms with Crippen LogP contribution in [0.5, 0.6) is 0 Å². The van der Waals surface area contributed by atoms with E-state index in [-0.39, 0.29) is 18.8 Å². The van der Waals surface area contributed by atoms with Crippen molar-refractivity contribution < 1.29 is 18.3 Å². The molecule has 0 aliphatic heterocycles. The zero-order valence-corrected chi connectivity index (χ0v) is 10.3. The van der Waals surface area contributed by atoms with E-state index in [9.17, 15) is 13.6 Å². The van der Waals surface area contributed by atoms with Gasteiger partial charge in [0.2, 0.25) is 0 Å². The molecule has 19 heavy (non-hydrogen) atoms. The maximum absolute atomic E-state index is 11.9. The second-order valence-corrected chi connectivity index (χ2v) is 4.20. The Morgan fingerprint density at radius 3 is 2.58 bits per heavy atom. The summed E-state index contributed by atoms with van der Waals surface area (Å²) >= 11 is 0. The molecule has 2 aromatic rings. The average molecular weight is 264 g/mol. The first-order valence-corrected chi connectivity index (χ1v) is 6.05. The van der Waals surface area contributed by atoms with E-state index in [0.717, 1.165) is 10.8 Å². The fourth-order valence-electron chi connectivity index (χ4n) is 1.84. The number of ketones is 1. The smallest absolute Gasteiger partial charge is 0.261 e. The Balaban J connectivity index is 1.97. The molecule has 2 aromatic carbocycles. The molecule has 100 valence electrons. The van der Waals surface area contributed by atoms with E-state index in [0.29, 0.717) is 5.56 Å². The van der Waals surface area contributed by atoms with Crippen molar-refractivity contribution in [2.75, 3.05) is 13.2 Å². The maximum Gasteiger partial charge on any atom is 0.261 e. The molecule has 0 aromatic heterocycles. The van der Waals surface area contributed by atoms with Crippen LogP contribution in [0.1, 0.15) is 16.8 Å².